The summed E-state index contributed by atoms with van der Waals surface area (Å²) in [6.07, 6.45) is 1.23. The monoisotopic (exact) mass is 315 g/mol. The van der Waals surface area contributed by atoms with E-state index in [2.05, 4.69) is 13.8 Å². The van der Waals surface area contributed by atoms with Gasteiger partial charge < -0.3 is 15.6 Å². The molecular weight excluding hydrogens is 286 g/mol. The van der Waals surface area contributed by atoms with E-state index in [0.717, 1.165) is 24.2 Å². The lowest BCUT2D eigenvalue weighted by Crippen LogP contribution is -2.26. The van der Waals surface area contributed by atoms with Gasteiger partial charge in [-0.2, -0.15) is 0 Å². The lowest BCUT2D eigenvalue weighted by Gasteiger charge is -2.23. The molecule has 1 rings (SSSR count). The maximum Gasteiger partial charge on any atom is 0.120 e. The second-order valence-electron chi connectivity index (χ2n) is 6.85. The summed E-state index contributed by atoms with van der Waals surface area (Å²) in [5, 5.41) is 10.1. The van der Waals surface area contributed by atoms with Gasteiger partial charge in [0.15, 0.2) is 0 Å². The summed E-state index contributed by atoms with van der Waals surface area (Å²) in [5.74, 6) is 1.41. The van der Waals surface area contributed by atoms with Crippen LogP contribution in [0.5, 0.6) is 5.75 Å². The Morgan fingerprint density at radius 1 is 1.10 bits per heavy atom. The van der Waals surface area contributed by atoms with Crippen molar-refractivity contribution in [3.05, 3.63) is 29.8 Å². The van der Waals surface area contributed by atoms with Crippen molar-refractivity contribution < 1.29 is 9.84 Å². The second kappa shape index (κ2) is 8.62. The summed E-state index contributed by atoms with van der Waals surface area (Å²) in [7, 11) is 0. The first-order chi connectivity index (χ1) is 9.19. The smallest absolute Gasteiger partial charge is 0.120 e. The third-order valence-electron chi connectivity index (χ3n) is 3.14. The predicted molar refractivity (Wildman–Crippen MR) is 91.1 cm³/mol. The van der Waals surface area contributed by atoms with E-state index in [1.807, 2.05) is 45.0 Å². The fourth-order valence-corrected chi connectivity index (χ4v) is 2.02. The van der Waals surface area contributed by atoms with Crippen molar-refractivity contribution in [1.29, 1.82) is 0 Å². The van der Waals surface area contributed by atoms with Crippen LogP contribution in [0.2, 0.25) is 0 Å². The number of benzene rings is 1. The quantitative estimate of drug-likeness (QED) is 0.831. The van der Waals surface area contributed by atoms with Crippen LogP contribution in [0.25, 0.3) is 0 Å². The number of hydrogen-bond donors (Lipinski definition) is 2. The van der Waals surface area contributed by atoms with Crippen molar-refractivity contribution >= 4 is 12.4 Å². The fraction of sp³-hybridized carbons (Fsp3) is 0.647. The van der Waals surface area contributed by atoms with Crippen molar-refractivity contribution in [2.75, 3.05) is 0 Å². The van der Waals surface area contributed by atoms with Gasteiger partial charge in [-0.15, -0.1) is 12.4 Å². The normalized spacial score (nSPS) is 14.5. The molecule has 1 aromatic carbocycles. The molecule has 0 aliphatic heterocycles. The van der Waals surface area contributed by atoms with Crippen molar-refractivity contribution in [3.63, 3.8) is 0 Å². The highest BCUT2D eigenvalue weighted by Gasteiger charge is 2.18. The molecule has 0 fully saturated rings. The number of hydrogen-bond acceptors (Lipinski definition) is 3. The zero-order valence-electron chi connectivity index (χ0n) is 13.8. The molecule has 0 aliphatic rings. The molecular formula is C17H30ClNO2. The molecule has 0 aliphatic carbocycles. The first-order valence-corrected chi connectivity index (χ1v) is 7.41. The van der Waals surface area contributed by atoms with Gasteiger partial charge in [-0.25, -0.2) is 0 Å². The van der Waals surface area contributed by atoms with Gasteiger partial charge in [0.05, 0.1) is 12.1 Å². The van der Waals surface area contributed by atoms with E-state index in [9.17, 15) is 5.11 Å². The number of rotatable bonds is 6. The molecule has 4 heteroatoms. The Bertz CT molecular complexity index is 398. The SMILES string of the molecule is CC(C)CC[C@@H](O)[C@@H](N)c1ccc(OC(C)(C)C)cc1.Cl. The summed E-state index contributed by atoms with van der Waals surface area (Å²) in [5.41, 5.74) is 6.85. The molecule has 0 saturated heterocycles. The van der Waals surface area contributed by atoms with Gasteiger partial charge in [-0.1, -0.05) is 26.0 Å². The Morgan fingerprint density at radius 3 is 2.05 bits per heavy atom. The lowest BCUT2D eigenvalue weighted by molar-refractivity contribution is 0.126. The zero-order valence-corrected chi connectivity index (χ0v) is 14.6. The molecule has 0 saturated carbocycles. The van der Waals surface area contributed by atoms with Gasteiger partial charge >= 0.3 is 0 Å². The molecule has 122 valence electrons. The molecule has 0 unspecified atom stereocenters. The Balaban J connectivity index is 0.00000400. The Kier molecular flexibility index (Phi) is 8.30. The van der Waals surface area contributed by atoms with Crippen LogP contribution >= 0.6 is 12.4 Å². The highest BCUT2D eigenvalue weighted by Crippen LogP contribution is 2.23. The first-order valence-electron chi connectivity index (χ1n) is 7.41. The van der Waals surface area contributed by atoms with Gasteiger partial charge in [0.1, 0.15) is 11.4 Å². The van der Waals surface area contributed by atoms with Crippen molar-refractivity contribution in [2.24, 2.45) is 11.7 Å². The number of nitrogens with two attached hydrogens (primary N) is 1. The molecule has 21 heavy (non-hydrogen) atoms. The minimum atomic E-state index is -0.494. The third-order valence-corrected chi connectivity index (χ3v) is 3.14. The van der Waals surface area contributed by atoms with E-state index in [1.165, 1.54) is 0 Å². The Hall–Kier alpha value is -0.770. The standard InChI is InChI=1S/C17H29NO2.ClH/c1-12(2)6-11-15(19)16(18)13-7-9-14(10-8-13)20-17(3,4)5;/h7-10,12,15-16,19H,6,11,18H2,1-5H3;1H/t15-,16+;/m1./s1. The van der Waals surface area contributed by atoms with E-state index in [0.29, 0.717) is 5.92 Å². The van der Waals surface area contributed by atoms with Crippen LogP contribution in [0.4, 0.5) is 0 Å². The average Bonchev–Trinajstić information content (AvgIpc) is 2.34. The van der Waals surface area contributed by atoms with Gasteiger partial charge in [0.2, 0.25) is 0 Å². The van der Waals surface area contributed by atoms with Gasteiger partial charge in [-0.05, 0) is 57.2 Å². The largest absolute Gasteiger partial charge is 0.488 e. The number of ether oxygens (including phenoxy) is 1. The maximum absolute atomic E-state index is 10.1. The van der Waals surface area contributed by atoms with Crippen LogP contribution in [0.1, 0.15) is 59.1 Å². The maximum atomic E-state index is 10.1. The molecule has 3 N–H and O–H groups in total. The average molecular weight is 316 g/mol. The third kappa shape index (κ3) is 7.70. The van der Waals surface area contributed by atoms with Crippen LogP contribution in [0, 0.1) is 5.92 Å². The minimum Gasteiger partial charge on any atom is -0.488 e. The van der Waals surface area contributed by atoms with Crippen LogP contribution in [-0.4, -0.2) is 16.8 Å². The summed E-state index contributed by atoms with van der Waals surface area (Å²) in [6.45, 7) is 10.3. The van der Waals surface area contributed by atoms with Gasteiger partial charge in [-0.3, -0.25) is 0 Å². The van der Waals surface area contributed by atoms with E-state index < -0.39 is 6.10 Å². The van der Waals surface area contributed by atoms with E-state index in [-0.39, 0.29) is 24.0 Å². The molecule has 3 nitrogen and oxygen atoms in total. The lowest BCUT2D eigenvalue weighted by atomic mass is 9.96. The van der Waals surface area contributed by atoms with Crippen LogP contribution in [-0.2, 0) is 0 Å². The summed E-state index contributed by atoms with van der Waals surface area (Å²) in [6, 6.07) is 7.36. The van der Waals surface area contributed by atoms with E-state index in [1.54, 1.807) is 0 Å². The van der Waals surface area contributed by atoms with Crippen molar-refractivity contribution in [1.82, 2.24) is 0 Å². The molecule has 0 radical (unpaired) electrons. The minimum absolute atomic E-state index is 0. The Labute approximate surface area is 135 Å². The van der Waals surface area contributed by atoms with Crippen LogP contribution < -0.4 is 10.5 Å². The van der Waals surface area contributed by atoms with Crippen molar-refractivity contribution in [3.8, 4) is 5.75 Å². The van der Waals surface area contributed by atoms with E-state index in [4.69, 9.17) is 10.5 Å². The van der Waals surface area contributed by atoms with E-state index >= 15 is 0 Å². The predicted octanol–water partition coefficient (Wildman–Crippen LogP) is 4.08. The Morgan fingerprint density at radius 2 is 1.62 bits per heavy atom. The highest BCUT2D eigenvalue weighted by molar-refractivity contribution is 5.85. The number of aliphatic hydroxyl groups excluding tert-OH is 1. The molecule has 0 heterocycles. The first kappa shape index (κ1) is 20.2. The molecule has 2 atom stereocenters. The molecule has 0 aromatic heterocycles. The molecule has 0 bridgehead atoms. The van der Waals surface area contributed by atoms with Gasteiger partial charge in [0.25, 0.3) is 0 Å². The van der Waals surface area contributed by atoms with Crippen LogP contribution in [0.15, 0.2) is 24.3 Å². The summed E-state index contributed by atoms with van der Waals surface area (Å²) < 4.78 is 5.77. The molecule has 0 spiro atoms. The zero-order chi connectivity index (χ0) is 15.3. The fourth-order valence-electron chi connectivity index (χ4n) is 2.02. The topological polar surface area (TPSA) is 55.5 Å². The molecule has 0 amide bonds. The van der Waals surface area contributed by atoms with Crippen LogP contribution in [0.3, 0.4) is 0 Å². The highest BCUT2D eigenvalue weighted by atomic mass is 35.5. The van der Waals surface area contributed by atoms with Gasteiger partial charge in [0, 0.05) is 0 Å². The molecule has 1 aromatic rings. The number of aliphatic hydroxyl groups is 1. The second-order valence-corrected chi connectivity index (χ2v) is 6.85. The summed E-state index contributed by atoms with van der Waals surface area (Å²) in [4.78, 5) is 0. The van der Waals surface area contributed by atoms with Crippen molar-refractivity contribution in [2.45, 2.75) is 65.2 Å². The number of halogens is 1. The summed E-state index contributed by atoms with van der Waals surface area (Å²) >= 11 is 0.